The van der Waals surface area contributed by atoms with Crippen LogP contribution in [0, 0.1) is 0 Å². The van der Waals surface area contributed by atoms with Gasteiger partial charge in [-0.3, -0.25) is 9.59 Å². The molecule has 2 aromatic heterocycles. The van der Waals surface area contributed by atoms with Gasteiger partial charge in [-0.05, 0) is 64.6 Å². The molecule has 1 amide bonds. The zero-order valence-electron chi connectivity index (χ0n) is 15.0. The minimum Gasteiger partial charge on any atom is -0.302 e. The molecule has 0 atom stereocenters. The van der Waals surface area contributed by atoms with Gasteiger partial charge in [0.05, 0.1) is 21.3 Å². The Labute approximate surface area is 203 Å². The number of nitrogens with zero attached hydrogens (tertiary/aromatic N) is 4. The molecule has 0 unspecified atom stereocenters. The Morgan fingerprint density at radius 2 is 1.87 bits per heavy atom. The van der Waals surface area contributed by atoms with Gasteiger partial charge in [-0.1, -0.05) is 39.1 Å². The van der Waals surface area contributed by atoms with Gasteiger partial charge in [-0.25, -0.2) is 9.67 Å². The molecule has 1 saturated carbocycles. The Morgan fingerprint density at radius 1 is 1.13 bits per heavy atom. The Bertz CT molecular complexity index is 1180. The van der Waals surface area contributed by atoms with Crippen molar-refractivity contribution >= 4 is 83.5 Å². The zero-order chi connectivity index (χ0) is 21.6. The lowest BCUT2D eigenvalue weighted by molar-refractivity contribution is 0.0977. The minimum atomic E-state index is -0.714. The molecule has 1 aliphatic rings. The summed E-state index contributed by atoms with van der Waals surface area (Å²) in [7, 11) is 0. The van der Waals surface area contributed by atoms with Crippen molar-refractivity contribution in [1.29, 1.82) is 0 Å². The number of pyridine rings is 1. The fourth-order valence-electron chi connectivity index (χ4n) is 3.07. The largest absolute Gasteiger partial charge is 0.302 e. The number of aromatic nitrogens is 3. The van der Waals surface area contributed by atoms with Gasteiger partial charge >= 0.3 is 0 Å². The van der Waals surface area contributed by atoms with Gasteiger partial charge in [0.2, 0.25) is 0 Å². The molecule has 30 heavy (non-hydrogen) atoms. The molecule has 6 nitrogen and oxygen atoms in total. The molecule has 0 saturated heterocycles. The highest BCUT2D eigenvalue weighted by Crippen LogP contribution is 2.41. The maximum absolute atomic E-state index is 13.7. The molecule has 2 heterocycles. The van der Waals surface area contributed by atoms with Gasteiger partial charge in [0, 0.05) is 22.8 Å². The van der Waals surface area contributed by atoms with Crippen LogP contribution in [0.1, 0.15) is 33.7 Å². The normalized spacial score (nSPS) is 13.4. The molecule has 1 fully saturated rings. The van der Waals surface area contributed by atoms with Crippen LogP contribution in [0.2, 0.25) is 10.0 Å². The van der Waals surface area contributed by atoms with Crippen molar-refractivity contribution in [2.24, 2.45) is 0 Å². The first-order valence-corrected chi connectivity index (χ1v) is 11.4. The molecule has 3 aromatic rings. The summed E-state index contributed by atoms with van der Waals surface area (Å²) >= 11 is 25.2. The average Bonchev–Trinajstić information content (AvgIpc) is 3.44. The molecule has 1 aromatic carbocycles. The number of benzene rings is 1. The number of amides is 1. The fraction of sp³-hybridized carbons (Fsp3) is 0.158. The van der Waals surface area contributed by atoms with E-state index in [4.69, 9.17) is 34.8 Å². The molecule has 0 N–H and O–H groups in total. The summed E-state index contributed by atoms with van der Waals surface area (Å²) in [6.45, 7) is 0. The number of anilines is 1. The van der Waals surface area contributed by atoms with Crippen molar-refractivity contribution in [2.75, 3.05) is 4.90 Å². The van der Waals surface area contributed by atoms with Crippen molar-refractivity contribution < 1.29 is 9.59 Å². The summed E-state index contributed by atoms with van der Waals surface area (Å²) in [6.07, 6.45) is 3.10. The second kappa shape index (κ2) is 8.59. The Kier molecular flexibility index (Phi) is 6.23. The fourth-order valence-corrected chi connectivity index (χ4v) is 4.69. The predicted octanol–water partition coefficient (Wildman–Crippen LogP) is 6.29. The van der Waals surface area contributed by atoms with Gasteiger partial charge in [0.15, 0.2) is 5.82 Å². The standard InChI is InChI=1S/C19H11Br2Cl3N4O2/c20-9-6-11(17(24)29)16(13(23)7-9)27(10-3-4-10)19(30)14-8-15(21)26-28(14)18-12(22)2-1-5-25-18/h1-2,5-8,10H,3-4H2. The topological polar surface area (TPSA) is 68.1 Å². The number of hydrogen-bond acceptors (Lipinski definition) is 4. The Morgan fingerprint density at radius 3 is 2.50 bits per heavy atom. The van der Waals surface area contributed by atoms with E-state index in [1.807, 2.05) is 0 Å². The monoisotopic (exact) mass is 590 g/mol. The molecule has 0 bridgehead atoms. The number of carbonyl (C=O) groups is 2. The minimum absolute atomic E-state index is 0.118. The van der Waals surface area contributed by atoms with Crippen LogP contribution in [-0.2, 0) is 0 Å². The third-order valence-corrected chi connectivity index (χ3v) is 6.08. The summed E-state index contributed by atoms with van der Waals surface area (Å²) < 4.78 is 2.37. The highest BCUT2D eigenvalue weighted by molar-refractivity contribution is 9.10. The third-order valence-electron chi connectivity index (χ3n) is 4.45. The van der Waals surface area contributed by atoms with Crippen LogP contribution in [0.3, 0.4) is 0 Å². The number of rotatable bonds is 5. The predicted molar refractivity (Wildman–Crippen MR) is 123 cm³/mol. The number of hydrogen-bond donors (Lipinski definition) is 0. The van der Waals surface area contributed by atoms with E-state index in [1.165, 1.54) is 9.58 Å². The molecule has 0 radical (unpaired) electrons. The van der Waals surface area contributed by atoms with Gasteiger partial charge in [0.1, 0.15) is 10.3 Å². The molecular formula is C19H11Br2Cl3N4O2. The molecular weight excluding hydrogens is 582 g/mol. The third kappa shape index (κ3) is 4.16. The lowest BCUT2D eigenvalue weighted by Gasteiger charge is -2.26. The number of halogens is 5. The van der Waals surface area contributed by atoms with E-state index in [-0.39, 0.29) is 28.0 Å². The van der Waals surface area contributed by atoms with Gasteiger partial charge < -0.3 is 4.90 Å². The van der Waals surface area contributed by atoms with E-state index in [9.17, 15) is 9.59 Å². The first kappa shape index (κ1) is 21.8. The first-order chi connectivity index (χ1) is 14.3. The van der Waals surface area contributed by atoms with Crippen molar-refractivity contribution in [3.8, 4) is 5.82 Å². The zero-order valence-corrected chi connectivity index (χ0v) is 20.4. The van der Waals surface area contributed by atoms with E-state index in [1.54, 1.807) is 36.5 Å². The Balaban J connectivity index is 1.88. The van der Waals surface area contributed by atoms with Gasteiger partial charge in [0.25, 0.3) is 11.1 Å². The van der Waals surface area contributed by atoms with Crippen molar-refractivity contribution in [3.63, 3.8) is 0 Å². The molecule has 11 heteroatoms. The SMILES string of the molecule is O=C(Cl)c1cc(Br)cc(Cl)c1N(C(=O)c1cc(Br)nn1-c1ncccc1Cl)C1CC1. The number of carbonyl (C=O) groups excluding carboxylic acids is 2. The van der Waals surface area contributed by atoms with E-state index in [2.05, 4.69) is 41.9 Å². The maximum atomic E-state index is 13.7. The summed E-state index contributed by atoms with van der Waals surface area (Å²) in [5, 5.41) is 4.17. The summed E-state index contributed by atoms with van der Waals surface area (Å²) in [5.74, 6) is -0.0969. The highest BCUT2D eigenvalue weighted by Gasteiger charge is 2.39. The summed E-state index contributed by atoms with van der Waals surface area (Å²) in [6, 6.07) is 7.95. The van der Waals surface area contributed by atoms with E-state index in [0.717, 1.165) is 12.8 Å². The summed E-state index contributed by atoms with van der Waals surface area (Å²) in [4.78, 5) is 31.6. The van der Waals surface area contributed by atoms with Crippen molar-refractivity contribution in [3.05, 3.63) is 66.9 Å². The van der Waals surface area contributed by atoms with Crippen LogP contribution in [0.25, 0.3) is 5.82 Å². The Hall–Kier alpha value is -1.45. The van der Waals surface area contributed by atoms with Crippen LogP contribution >= 0.6 is 66.7 Å². The van der Waals surface area contributed by atoms with Gasteiger partial charge in [-0.2, -0.15) is 5.10 Å². The van der Waals surface area contributed by atoms with Crippen molar-refractivity contribution in [1.82, 2.24) is 14.8 Å². The van der Waals surface area contributed by atoms with Crippen molar-refractivity contribution in [2.45, 2.75) is 18.9 Å². The lowest BCUT2D eigenvalue weighted by Crippen LogP contribution is -2.36. The summed E-state index contributed by atoms with van der Waals surface area (Å²) in [5.41, 5.74) is 0.613. The van der Waals surface area contributed by atoms with Crippen LogP contribution in [0.15, 0.2) is 45.6 Å². The quantitative estimate of drug-likeness (QED) is 0.327. The molecule has 4 rings (SSSR count). The first-order valence-electron chi connectivity index (χ1n) is 8.67. The van der Waals surface area contributed by atoms with Crippen LogP contribution in [0.5, 0.6) is 0 Å². The molecule has 1 aliphatic carbocycles. The van der Waals surface area contributed by atoms with Crippen LogP contribution < -0.4 is 4.90 Å². The molecule has 0 aliphatic heterocycles. The molecule has 0 spiro atoms. The van der Waals surface area contributed by atoms with Gasteiger partial charge in [-0.15, -0.1) is 0 Å². The highest BCUT2D eigenvalue weighted by atomic mass is 79.9. The van der Waals surface area contributed by atoms with Crippen LogP contribution in [-0.4, -0.2) is 32.0 Å². The smallest absolute Gasteiger partial charge is 0.277 e. The van der Waals surface area contributed by atoms with E-state index in [0.29, 0.717) is 19.9 Å². The van der Waals surface area contributed by atoms with E-state index >= 15 is 0 Å². The average molecular weight is 593 g/mol. The van der Waals surface area contributed by atoms with Crippen LogP contribution in [0.4, 0.5) is 5.69 Å². The maximum Gasteiger partial charge on any atom is 0.277 e. The second-order valence-corrected chi connectivity index (χ2v) is 9.42. The van der Waals surface area contributed by atoms with E-state index < -0.39 is 11.1 Å². The second-order valence-electron chi connectivity index (χ2n) is 6.54. The lowest BCUT2D eigenvalue weighted by atomic mass is 10.1. The molecule has 154 valence electrons.